The number of carboxylic acids is 1. The van der Waals surface area contributed by atoms with E-state index >= 15 is 0 Å². The van der Waals surface area contributed by atoms with E-state index in [4.69, 9.17) is 9.84 Å². The summed E-state index contributed by atoms with van der Waals surface area (Å²) in [5.41, 5.74) is 1.53. The van der Waals surface area contributed by atoms with Gasteiger partial charge in [-0.05, 0) is 56.5 Å². The van der Waals surface area contributed by atoms with Crippen molar-refractivity contribution in [1.29, 1.82) is 0 Å². The minimum Gasteiger partial charge on any atom is -0.478 e. The summed E-state index contributed by atoms with van der Waals surface area (Å²) in [5, 5.41) is 8.84. The predicted molar refractivity (Wildman–Crippen MR) is 81.2 cm³/mol. The summed E-state index contributed by atoms with van der Waals surface area (Å²) in [4.78, 5) is 10.8. The molecule has 1 aromatic rings. The molecule has 0 atom stereocenters. The predicted octanol–water partition coefficient (Wildman–Crippen LogP) is 5.03. The number of benzene rings is 1. The van der Waals surface area contributed by atoms with E-state index in [1.807, 2.05) is 6.92 Å². The average molecular weight is 276 g/mol. The van der Waals surface area contributed by atoms with Gasteiger partial charge in [0.15, 0.2) is 0 Å². The van der Waals surface area contributed by atoms with Crippen LogP contribution >= 0.6 is 0 Å². The third-order valence-corrected chi connectivity index (χ3v) is 3.38. The summed E-state index contributed by atoms with van der Waals surface area (Å²) in [5.74, 6) is 0.668. The van der Waals surface area contributed by atoms with E-state index in [2.05, 4.69) is 13.8 Å². The van der Waals surface area contributed by atoms with Gasteiger partial charge in [-0.15, -0.1) is 0 Å². The van der Waals surface area contributed by atoms with Gasteiger partial charge in [0.2, 0.25) is 0 Å². The smallest absolute Gasteiger partial charge is 0.335 e. The molecule has 0 radical (unpaired) electrons. The quantitative estimate of drug-likeness (QED) is 0.535. The van der Waals surface area contributed by atoms with Crippen LogP contribution in [0.1, 0.15) is 63.2 Å². The minimum absolute atomic E-state index is 0.273. The maximum Gasteiger partial charge on any atom is 0.335 e. The van der Waals surface area contributed by atoms with Gasteiger partial charge < -0.3 is 9.84 Å². The van der Waals surface area contributed by atoms with Crippen molar-refractivity contribution in [2.24, 2.45) is 0 Å². The Morgan fingerprint density at radius 3 is 2.30 bits per heavy atom. The lowest BCUT2D eigenvalue weighted by atomic mass is 10.1. The summed E-state index contributed by atoms with van der Waals surface area (Å²) >= 11 is 0. The first-order valence-corrected chi connectivity index (χ1v) is 7.22. The molecule has 0 saturated heterocycles. The molecular weight excluding hydrogens is 252 g/mol. The van der Waals surface area contributed by atoms with Crippen molar-refractivity contribution in [1.82, 2.24) is 0 Å². The molecule has 0 bridgehead atoms. The van der Waals surface area contributed by atoms with Crippen molar-refractivity contribution in [3.63, 3.8) is 0 Å². The Morgan fingerprint density at radius 2 is 1.75 bits per heavy atom. The van der Waals surface area contributed by atoms with Gasteiger partial charge in [-0.3, -0.25) is 0 Å². The lowest BCUT2D eigenvalue weighted by Crippen LogP contribution is -1.98. The van der Waals surface area contributed by atoms with E-state index in [-0.39, 0.29) is 5.56 Å². The van der Waals surface area contributed by atoms with Crippen molar-refractivity contribution in [3.8, 4) is 5.75 Å². The lowest BCUT2D eigenvalue weighted by Gasteiger charge is -2.10. The molecule has 0 aliphatic heterocycles. The van der Waals surface area contributed by atoms with Crippen LogP contribution in [0.3, 0.4) is 0 Å². The molecule has 0 saturated carbocycles. The fourth-order valence-electron chi connectivity index (χ4n) is 1.92. The third-order valence-electron chi connectivity index (χ3n) is 3.38. The van der Waals surface area contributed by atoms with Crippen molar-refractivity contribution in [2.45, 2.75) is 52.9 Å². The second-order valence-corrected chi connectivity index (χ2v) is 5.08. The first-order chi connectivity index (χ1) is 9.54. The van der Waals surface area contributed by atoms with Crippen LogP contribution in [0, 0.1) is 0 Å². The maximum atomic E-state index is 10.8. The van der Waals surface area contributed by atoms with E-state index in [0.717, 1.165) is 12.2 Å². The number of carboxylic acid groups (broad SMARTS) is 1. The SMILES string of the molecule is CCCCCC/C(C)=C(\C)Oc1ccc(C(=O)O)cc1. The Bertz CT molecular complexity index is 458. The number of hydrogen-bond donors (Lipinski definition) is 1. The highest BCUT2D eigenvalue weighted by molar-refractivity contribution is 5.87. The van der Waals surface area contributed by atoms with Gasteiger partial charge in [0, 0.05) is 0 Å². The van der Waals surface area contributed by atoms with Crippen LogP contribution < -0.4 is 4.74 Å². The van der Waals surface area contributed by atoms with E-state index in [1.54, 1.807) is 24.3 Å². The zero-order valence-electron chi connectivity index (χ0n) is 12.6. The standard InChI is InChI=1S/C17H24O3/c1-4-5-6-7-8-13(2)14(3)20-16-11-9-15(10-12-16)17(18)19/h9-12H,4-8H2,1-3H3,(H,18,19)/b14-13+. The molecule has 0 spiro atoms. The number of aromatic carboxylic acids is 1. The van der Waals surface area contributed by atoms with E-state index < -0.39 is 5.97 Å². The number of ether oxygens (including phenoxy) is 1. The van der Waals surface area contributed by atoms with Gasteiger partial charge in [0.05, 0.1) is 11.3 Å². The fraction of sp³-hybridized carbons (Fsp3) is 0.471. The summed E-state index contributed by atoms with van der Waals surface area (Å²) in [6.45, 7) is 6.25. The van der Waals surface area contributed by atoms with Crippen LogP contribution in [0.5, 0.6) is 5.75 Å². The van der Waals surface area contributed by atoms with Crippen LogP contribution in [0.25, 0.3) is 0 Å². The molecule has 0 aliphatic carbocycles. The highest BCUT2D eigenvalue weighted by Gasteiger charge is 2.04. The molecule has 110 valence electrons. The highest BCUT2D eigenvalue weighted by Crippen LogP contribution is 2.19. The number of allylic oxidation sites excluding steroid dienone is 2. The average Bonchev–Trinajstić information content (AvgIpc) is 2.44. The van der Waals surface area contributed by atoms with Crippen molar-refractivity contribution in [2.75, 3.05) is 0 Å². The monoisotopic (exact) mass is 276 g/mol. The Morgan fingerprint density at radius 1 is 1.10 bits per heavy atom. The van der Waals surface area contributed by atoms with Crippen molar-refractivity contribution in [3.05, 3.63) is 41.2 Å². The van der Waals surface area contributed by atoms with Crippen LogP contribution in [0.15, 0.2) is 35.6 Å². The number of carbonyl (C=O) groups is 1. The Labute approximate surface area is 121 Å². The fourth-order valence-corrected chi connectivity index (χ4v) is 1.92. The van der Waals surface area contributed by atoms with Gasteiger partial charge in [0.1, 0.15) is 5.75 Å². The largest absolute Gasteiger partial charge is 0.478 e. The van der Waals surface area contributed by atoms with Crippen LogP contribution in [-0.2, 0) is 0 Å². The minimum atomic E-state index is -0.920. The molecule has 0 aliphatic rings. The second-order valence-electron chi connectivity index (χ2n) is 5.08. The molecule has 0 aromatic heterocycles. The molecule has 1 aromatic carbocycles. The lowest BCUT2D eigenvalue weighted by molar-refractivity contribution is 0.0697. The van der Waals surface area contributed by atoms with Gasteiger partial charge in [-0.2, -0.15) is 0 Å². The molecule has 1 N–H and O–H groups in total. The molecule has 3 nitrogen and oxygen atoms in total. The second kappa shape index (κ2) is 8.41. The van der Waals surface area contributed by atoms with Crippen LogP contribution in [0.4, 0.5) is 0 Å². The molecule has 0 heterocycles. The molecular formula is C17H24O3. The van der Waals surface area contributed by atoms with Gasteiger partial charge >= 0.3 is 5.97 Å². The normalized spacial score (nSPS) is 11.9. The Balaban J connectivity index is 2.55. The molecule has 0 unspecified atom stereocenters. The van der Waals surface area contributed by atoms with Crippen molar-refractivity contribution >= 4 is 5.97 Å². The van der Waals surface area contributed by atoms with E-state index in [0.29, 0.717) is 5.75 Å². The molecule has 0 amide bonds. The van der Waals surface area contributed by atoms with Crippen molar-refractivity contribution < 1.29 is 14.6 Å². The third kappa shape index (κ3) is 5.47. The van der Waals surface area contributed by atoms with Gasteiger partial charge in [0.25, 0.3) is 0 Å². The molecule has 1 rings (SSSR count). The number of unbranched alkanes of at least 4 members (excludes halogenated alkanes) is 3. The maximum absolute atomic E-state index is 10.8. The zero-order valence-corrected chi connectivity index (χ0v) is 12.6. The number of hydrogen-bond acceptors (Lipinski definition) is 2. The first-order valence-electron chi connectivity index (χ1n) is 7.22. The molecule has 3 heteroatoms. The number of rotatable bonds is 8. The molecule has 0 fully saturated rings. The highest BCUT2D eigenvalue weighted by atomic mass is 16.5. The van der Waals surface area contributed by atoms with E-state index in [1.165, 1.54) is 31.3 Å². The summed E-state index contributed by atoms with van der Waals surface area (Å²) in [7, 11) is 0. The van der Waals surface area contributed by atoms with Crippen LogP contribution in [0.2, 0.25) is 0 Å². The summed E-state index contributed by atoms with van der Waals surface area (Å²) in [6.07, 6.45) is 6.03. The zero-order chi connectivity index (χ0) is 15.0. The van der Waals surface area contributed by atoms with Gasteiger partial charge in [-0.25, -0.2) is 4.79 Å². The molecule has 20 heavy (non-hydrogen) atoms. The van der Waals surface area contributed by atoms with E-state index in [9.17, 15) is 4.79 Å². The summed E-state index contributed by atoms with van der Waals surface area (Å²) < 4.78 is 5.75. The topological polar surface area (TPSA) is 46.5 Å². The summed E-state index contributed by atoms with van der Waals surface area (Å²) in [6, 6.07) is 6.50. The van der Waals surface area contributed by atoms with Gasteiger partial charge in [-0.1, -0.05) is 26.2 Å². The Hall–Kier alpha value is -1.77. The van der Waals surface area contributed by atoms with Crippen LogP contribution in [-0.4, -0.2) is 11.1 Å². The Kier molecular flexibility index (Phi) is 6.85. The first kappa shape index (κ1) is 16.3.